The zero-order valence-electron chi connectivity index (χ0n) is 27.6. The number of nitrogens with one attached hydrogen (secondary N) is 2. The van der Waals surface area contributed by atoms with E-state index in [0.717, 1.165) is 62.3 Å². The molecule has 4 unspecified atom stereocenters. The zero-order valence-corrected chi connectivity index (χ0v) is 27.6. The molecule has 0 bridgehead atoms. The highest BCUT2D eigenvalue weighted by molar-refractivity contribution is 6.10. The molecule has 2 aromatic rings. The first-order valence-electron chi connectivity index (χ1n) is 17.4. The minimum absolute atomic E-state index is 0.0747. The minimum Gasteiger partial charge on any atom is -0.326 e. The number of aliphatic imine (C=N–C) groups is 1. The van der Waals surface area contributed by atoms with Crippen molar-refractivity contribution < 1.29 is 4.79 Å². The highest BCUT2D eigenvalue weighted by Crippen LogP contribution is 2.38. The summed E-state index contributed by atoms with van der Waals surface area (Å²) in [7, 11) is 0. The predicted octanol–water partition coefficient (Wildman–Crippen LogP) is 8.92. The molecule has 0 spiro atoms. The van der Waals surface area contributed by atoms with Crippen LogP contribution < -0.4 is 5.32 Å². The third kappa shape index (κ3) is 7.96. The average molecular weight is 595 g/mol. The number of hydrogen-bond donors (Lipinski definition) is 2. The van der Waals surface area contributed by atoms with Gasteiger partial charge >= 0.3 is 0 Å². The Morgan fingerprint density at radius 1 is 1.02 bits per heavy atom. The molecular formula is C39H54N4O. The molecule has 0 aromatic heterocycles. The molecule has 4 atom stereocenters. The van der Waals surface area contributed by atoms with E-state index in [2.05, 4.69) is 84.7 Å². The van der Waals surface area contributed by atoms with E-state index in [4.69, 9.17) is 0 Å². The van der Waals surface area contributed by atoms with Crippen LogP contribution >= 0.6 is 0 Å². The molecule has 1 amide bonds. The lowest BCUT2D eigenvalue weighted by Crippen LogP contribution is -2.38. The number of amides is 1. The summed E-state index contributed by atoms with van der Waals surface area (Å²) in [6.07, 6.45) is 14.6. The lowest BCUT2D eigenvalue weighted by atomic mass is 9.81. The molecule has 5 heteroatoms. The predicted molar refractivity (Wildman–Crippen MR) is 186 cm³/mol. The maximum atomic E-state index is 13.1. The number of anilines is 1. The monoisotopic (exact) mass is 594 g/mol. The maximum Gasteiger partial charge on any atom is 0.227 e. The minimum atomic E-state index is 0.0747. The Bertz CT molecular complexity index is 1330. The molecule has 2 N–H and O–H groups in total. The van der Waals surface area contributed by atoms with Crippen LogP contribution in [0.2, 0.25) is 0 Å². The Balaban J connectivity index is 1.18. The number of likely N-dealkylation sites (tertiary alicyclic amines) is 1. The molecule has 1 saturated carbocycles. The van der Waals surface area contributed by atoms with Gasteiger partial charge in [0.05, 0.1) is 0 Å². The highest BCUT2D eigenvalue weighted by atomic mass is 16.1. The highest BCUT2D eigenvalue weighted by Gasteiger charge is 2.28. The maximum absolute atomic E-state index is 13.1. The molecular weight excluding hydrogens is 540 g/mol. The topological polar surface area (TPSA) is 68.6 Å². The van der Waals surface area contributed by atoms with Crippen molar-refractivity contribution in [3.8, 4) is 0 Å². The molecule has 44 heavy (non-hydrogen) atoms. The standard InChI is InChI=1S/C39H54N4O/c1-5-8-29-23-36(26-41-25-29)33-17-15-32(16-18-33)31-10-7-9-30(13-14-31)28(4)38(40)35-12-11-27(3)37(24-35)42-39(44)34-19-21-43(6-2)22-20-34/h11-12,15-18,23-24,26,28-31,34,40H,5-10,13-14,19-22,25H2,1-4H3,(H,42,44). The van der Waals surface area contributed by atoms with Crippen LogP contribution in [0.3, 0.4) is 0 Å². The second-order valence-corrected chi connectivity index (χ2v) is 13.7. The van der Waals surface area contributed by atoms with E-state index in [1.54, 1.807) is 0 Å². The summed E-state index contributed by atoms with van der Waals surface area (Å²) in [5, 5.41) is 12.4. The number of nitrogens with zero attached hydrogens (tertiary/aromatic N) is 2. The van der Waals surface area contributed by atoms with Gasteiger partial charge in [0, 0.05) is 36.0 Å². The van der Waals surface area contributed by atoms with Crippen LogP contribution in [0.1, 0.15) is 107 Å². The van der Waals surface area contributed by atoms with Crippen LogP contribution in [0, 0.1) is 36.0 Å². The third-order valence-electron chi connectivity index (χ3n) is 10.7. The molecule has 2 aliphatic heterocycles. The van der Waals surface area contributed by atoms with Crippen LogP contribution in [0.5, 0.6) is 0 Å². The fraction of sp³-hybridized carbons (Fsp3) is 0.564. The Kier molecular flexibility index (Phi) is 11.2. The number of hydrogen-bond acceptors (Lipinski definition) is 4. The van der Waals surface area contributed by atoms with Gasteiger partial charge < -0.3 is 15.6 Å². The summed E-state index contributed by atoms with van der Waals surface area (Å²) in [6, 6.07) is 15.5. The van der Waals surface area contributed by atoms with Crippen molar-refractivity contribution in [1.29, 1.82) is 5.41 Å². The van der Waals surface area contributed by atoms with E-state index in [0.29, 0.717) is 23.5 Å². The number of allylic oxidation sites excluding steroid dienone is 1. The molecule has 5 nitrogen and oxygen atoms in total. The average Bonchev–Trinajstić information content (AvgIpc) is 3.32. The van der Waals surface area contributed by atoms with Crippen LogP contribution in [0.15, 0.2) is 53.5 Å². The van der Waals surface area contributed by atoms with Crippen LogP contribution in [-0.2, 0) is 4.79 Å². The normalized spacial score (nSPS) is 23.9. The number of carbonyl (C=O) groups is 1. The molecule has 1 aliphatic carbocycles. The number of rotatable bonds is 10. The summed E-state index contributed by atoms with van der Waals surface area (Å²) in [5.41, 5.74) is 7.57. The van der Waals surface area contributed by atoms with Gasteiger partial charge in [0.25, 0.3) is 0 Å². The Morgan fingerprint density at radius 3 is 2.52 bits per heavy atom. The molecule has 5 rings (SSSR count). The van der Waals surface area contributed by atoms with Gasteiger partial charge in [-0.3, -0.25) is 9.79 Å². The van der Waals surface area contributed by atoms with Gasteiger partial charge in [-0.05, 0) is 123 Å². The Morgan fingerprint density at radius 2 is 1.80 bits per heavy atom. The second-order valence-electron chi connectivity index (χ2n) is 13.7. The van der Waals surface area contributed by atoms with Crippen molar-refractivity contribution in [2.75, 3.05) is 31.5 Å². The van der Waals surface area contributed by atoms with E-state index in [1.807, 2.05) is 13.0 Å². The van der Waals surface area contributed by atoms with Gasteiger partial charge in [-0.2, -0.15) is 0 Å². The first-order valence-corrected chi connectivity index (χ1v) is 17.4. The zero-order chi connectivity index (χ0) is 31.1. The van der Waals surface area contributed by atoms with E-state index < -0.39 is 0 Å². The molecule has 2 heterocycles. The molecule has 1 saturated heterocycles. The van der Waals surface area contributed by atoms with Crippen molar-refractivity contribution in [3.05, 3.63) is 70.8 Å². The number of piperidine rings is 1. The van der Waals surface area contributed by atoms with Gasteiger partial charge in [0.2, 0.25) is 5.91 Å². The first kappa shape index (κ1) is 32.3. The smallest absolute Gasteiger partial charge is 0.227 e. The molecule has 3 aliphatic rings. The van der Waals surface area contributed by atoms with Gasteiger partial charge in [-0.1, -0.05) is 76.1 Å². The summed E-state index contributed by atoms with van der Waals surface area (Å²) >= 11 is 0. The Hall–Kier alpha value is -3.05. The quantitative estimate of drug-likeness (QED) is 0.213. The fourth-order valence-electron chi connectivity index (χ4n) is 7.63. The molecule has 236 valence electrons. The van der Waals surface area contributed by atoms with Crippen LogP contribution in [0.4, 0.5) is 5.69 Å². The van der Waals surface area contributed by atoms with Crippen molar-refractivity contribution >= 4 is 29.1 Å². The van der Waals surface area contributed by atoms with E-state index in [-0.39, 0.29) is 17.7 Å². The van der Waals surface area contributed by atoms with Crippen molar-refractivity contribution in [2.24, 2.45) is 28.7 Å². The molecule has 2 aromatic carbocycles. The number of benzene rings is 2. The summed E-state index contributed by atoms with van der Waals surface area (Å²) < 4.78 is 0. The fourth-order valence-corrected chi connectivity index (χ4v) is 7.63. The number of aryl methyl sites for hydroxylation is 1. The second kappa shape index (κ2) is 15.3. The lowest BCUT2D eigenvalue weighted by Gasteiger charge is -2.30. The first-order chi connectivity index (χ1) is 21.4. The van der Waals surface area contributed by atoms with Gasteiger partial charge in [0.1, 0.15) is 0 Å². The largest absolute Gasteiger partial charge is 0.326 e. The summed E-state index contributed by atoms with van der Waals surface area (Å²) in [4.78, 5) is 20.2. The van der Waals surface area contributed by atoms with Gasteiger partial charge in [0.15, 0.2) is 0 Å². The summed E-state index contributed by atoms with van der Waals surface area (Å²) in [6.45, 7) is 12.7. The van der Waals surface area contributed by atoms with E-state index in [9.17, 15) is 10.2 Å². The number of dihydropyridines is 1. The molecule has 0 radical (unpaired) electrons. The lowest BCUT2D eigenvalue weighted by molar-refractivity contribution is -0.121. The number of carbonyl (C=O) groups excluding carboxylic acids is 1. The molecule has 2 fully saturated rings. The SMILES string of the molecule is CCCC1C=C(c2ccc(C3CCCC(C(C)C(=N)c4ccc(C)c(NC(=O)C5CCN(CC)CC5)c4)CC3)cc2)C=NC1. The van der Waals surface area contributed by atoms with Crippen molar-refractivity contribution in [2.45, 2.75) is 91.4 Å². The van der Waals surface area contributed by atoms with Crippen LogP contribution in [-0.4, -0.2) is 48.9 Å². The summed E-state index contributed by atoms with van der Waals surface area (Å²) in [5.74, 6) is 2.06. The van der Waals surface area contributed by atoms with Gasteiger partial charge in [-0.25, -0.2) is 0 Å². The van der Waals surface area contributed by atoms with E-state index >= 15 is 0 Å². The van der Waals surface area contributed by atoms with Crippen molar-refractivity contribution in [3.63, 3.8) is 0 Å². The van der Waals surface area contributed by atoms with Crippen molar-refractivity contribution in [1.82, 2.24) is 4.90 Å². The van der Waals surface area contributed by atoms with Gasteiger partial charge in [-0.15, -0.1) is 0 Å². The Labute approximate surface area is 266 Å². The van der Waals surface area contributed by atoms with E-state index in [1.165, 1.54) is 55.2 Å². The van der Waals surface area contributed by atoms with Crippen LogP contribution in [0.25, 0.3) is 5.57 Å². The third-order valence-corrected chi connectivity index (χ3v) is 10.7.